The summed E-state index contributed by atoms with van der Waals surface area (Å²) < 4.78 is 4.92. The predicted molar refractivity (Wildman–Crippen MR) is 79.5 cm³/mol. The lowest BCUT2D eigenvalue weighted by molar-refractivity contribution is -0.116. The molecule has 0 aliphatic heterocycles. The molecule has 1 rings (SSSR count). The number of carbonyl (C=O) groups excluding carboxylic acids is 1. The number of hydrogen-bond acceptors (Lipinski definition) is 3. The molecule has 0 bridgehead atoms. The van der Waals surface area contributed by atoms with E-state index in [1.807, 2.05) is 25.1 Å². The van der Waals surface area contributed by atoms with Gasteiger partial charge in [0.25, 0.3) is 0 Å². The molecular formula is C16H21NO3. The number of ether oxygens (including phenoxy) is 1. The molecule has 1 amide bonds. The maximum atomic E-state index is 11.7. The van der Waals surface area contributed by atoms with Crippen molar-refractivity contribution in [3.63, 3.8) is 0 Å². The van der Waals surface area contributed by atoms with Crippen molar-refractivity contribution < 1.29 is 14.6 Å². The number of carbonyl (C=O) groups is 1. The van der Waals surface area contributed by atoms with E-state index in [1.54, 1.807) is 7.11 Å². The summed E-state index contributed by atoms with van der Waals surface area (Å²) in [6.45, 7) is 2.60. The second-order valence-electron chi connectivity index (χ2n) is 4.51. The Bertz CT molecular complexity index is 500. The largest absolute Gasteiger partial charge is 0.395 e. The minimum absolute atomic E-state index is 0.0260. The van der Waals surface area contributed by atoms with E-state index in [-0.39, 0.29) is 12.5 Å². The molecule has 4 nitrogen and oxygen atoms in total. The lowest BCUT2D eigenvalue weighted by Crippen LogP contribution is -2.12. The molecule has 0 saturated heterocycles. The minimum Gasteiger partial charge on any atom is -0.395 e. The smallest absolute Gasteiger partial charge is 0.224 e. The lowest BCUT2D eigenvalue weighted by atomic mass is 10.1. The van der Waals surface area contributed by atoms with Gasteiger partial charge in [-0.25, -0.2) is 0 Å². The lowest BCUT2D eigenvalue weighted by Gasteiger charge is -2.07. The summed E-state index contributed by atoms with van der Waals surface area (Å²) in [4.78, 5) is 11.7. The first kappa shape index (κ1) is 16.2. The first-order chi connectivity index (χ1) is 9.65. The molecule has 0 radical (unpaired) electrons. The fourth-order valence-electron chi connectivity index (χ4n) is 1.75. The predicted octanol–water partition coefficient (Wildman–Crippen LogP) is 2.09. The Morgan fingerprint density at radius 2 is 2.20 bits per heavy atom. The molecule has 0 aliphatic carbocycles. The van der Waals surface area contributed by atoms with Gasteiger partial charge in [-0.15, -0.1) is 0 Å². The van der Waals surface area contributed by atoms with E-state index < -0.39 is 0 Å². The molecule has 0 fully saturated rings. The molecule has 0 spiro atoms. The maximum absolute atomic E-state index is 11.7. The van der Waals surface area contributed by atoms with Crippen molar-refractivity contribution in [2.75, 3.05) is 25.6 Å². The number of hydrogen-bond donors (Lipinski definition) is 2. The summed E-state index contributed by atoms with van der Waals surface area (Å²) >= 11 is 0. The Hall–Kier alpha value is -1.83. The first-order valence-corrected chi connectivity index (χ1v) is 6.66. The van der Waals surface area contributed by atoms with Gasteiger partial charge in [0, 0.05) is 37.8 Å². The highest BCUT2D eigenvalue weighted by Crippen LogP contribution is 2.14. The Kier molecular flexibility index (Phi) is 7.41. The van der Waals surface area contributed by atoms with Gasteiger partial charge in [-0.3, -0.25) is 4.79 Å². The van der Waals surface area contributed by atoms with Crippen molar-refractivity contribution in [3.8, 4) is 11.8 Å². The van der Waals surface area contributed by atoms with Crippen LogP contribution in [-0.2, 0) is 9.53 Å². The van der Waals surface area contributed by atoms with E-state index in [1.165, 1.54) is 0 Å². The van der Waals surface area contributed by atoms with Gasteiger partial charge in [-0.05, 0) is 37.1 Å². The van der Waals surface area contributed by atoms with Gasteiger partial charge >= 0.3 is 0 Å². The Morgan fingerprint density at radius 3 is 2.90 bits per heavy atom. The molecule has 20 heavy (non-hydrogen) atoms. The van der Waals surface area contributed by atoms with Crippen molar-refractivity contribution in [2.45, 2.75) is 26.2 Å². The monoisotopic (exact) mass is 275 g/mol. The minimum atomic E-state index is -0.0260. The SMILES string of the molecule is COCCCC(=O)Nc1cc(C)cc(C#CCCO)c1. The Balaban J connectivity index is 2.66. The molecule has 4 heteroatoms. The third-order valence-corrected chi connectivity index (χ3v) is 2.58. The highest BCUT2D eigenvalue weighted by molar-refractivity contribution is 5.91. The number of anilines is 1. The molecule has 0 aromatic heterocycles. The molecule has 0 atom stereocenters. The van der Waals surface area contributed by atoms with Crippen molar-refractivity contribution >= 4 is 11.6 Å². The van der Waals surface area contributed by atoms with Crippen LogP contribution in [0.5, 0.6) is 0 Å². The number of methoxy groups -OCH3 is 1. The molecule has 0 unspecified atom stereocenters. The highest BCUT2D eigenvalue weighted by Gasteiger charge is 2.03. The molecule has 1 aromatic rings. The van der Waals surface area contributed by atoms with E-state index in [0.717, 1.165) is 16.8 Å². The fourth-order valence-corrected chi connectivity index (χ4v) is 1.75. The summed E-state index contributed by atoms with van der Waals surface area (Å²) in [5.41, 5.74) is 2.62. The van der Waals surface area contributed by atoms with Crippen LogP contribution in [0.3, 0.4) is 0 Å². The molecule has 0 aliphatic rings. The van der Waals surface area contributed by atoms with Crippen LogP contribution in [0.2, 0.25) is 0 Å². The van der Waals surface area contributed by atoms with E-state index >= 15 is 0 Å². The summed E-state index contributed by atoms with van der Waals surface area (Å²) in [5, 5.41) is 11.6. The molecule has 0 heterocycles. The van der Waals surface area contributed by atoms with Gasteiger partial charge in [0.05, 0.1) is 6.61 Å². The number of aryl methyl sites for hydroxylation is 1. The quantitative estimate of drug-likeness (QED) is 0.617. The van der Waals surface area contributed by atoms with Crippen molar-refractivity contribution in [2.24, 2.45) is 0 Å². The van der Waals surface area contributed by atoms with Gasteiger partial charge in [0.15, 0.2) is 0 Å². The average molecular weight is 275 g/mol. The number of rotatable bonds is 6. The maximum Gasteiger partial charge on any atom is 0.224 e. The normalized spacial score (nSPS) is 9.75. The van der Waals surface area contributed by atoms with E-state index in [0.29, 0.717) is 25.9 Å². The zero-order valence-electron chi connectivity index (χ0n) is 12.0. The number of aliphatic hydroxyl groups is 1. The standard InChI is InChI=1S/C16H21NO3/c1-13-10-14(6-3-4-8-18)12-15(11-13)17-16(19)7-5-9-20-2/h10-12,18H,4-5,7-9H2,1-2H3,(H,17,19). The fraction of sp³-hybridized carbons (Fsp3) is 0.438. The summed E-state index contributed by atoms with van der Waals surface area (Å²) in [6.07, 6.45) is 1.59. The van der Waals surface area contributed by atoms with E-state index in [4.69, 9.17) is 9.84 Å². The van der Waals surface area contributed by atoms with Crippen LogP contribution >= 0.6 is 0 Å². The third kappa shape index (κ3) is 6.37. The number of aliphatic hydroxyl groups excluding tert-OH is 1. The third-order valence-electron chi connectivity index (χ3n) is 2.58. The molecular weight excluding hydrogens is 254 g/mol. The first-order valence-electron chi connectivity index (χ1n) is 6.66. The number of nitrogens with one attached hydrogen (secondary N) is 1. The second kappa shape index (κ2) is 9.13. The van der Waals surface area contributed by atoms with Crippen molar-refractivity contribution in [3.05, 3.63) is 29.3 Å². The van der Waals surface area contributed by atoms with Gasteiger partial charge in [0.1, 0.15) is 0 Å². The van der Waals surface area contributed by atoms with Crippen LogP contribution in [0, 0.1) is 18.8 Å². The molecule has 2 N–H and O–H groups in total. The van der Waals surface area contributed by atoms with Crippen LogP contribution < -0.4 is 5.32 Å². The molecule has 1 aromatic carbocycles. The van der Waals surface area contributed by atoms with Crippen molar-refractivity contribution in [1.29, 1.82) is 0 Å². The highest BCUT2D eigenvalue weighted by atomic mass is 16.5. The topological polar surface area (TPSA) is 58.6 Å². The van der Waals surface area contributed by atoms with Crippen LogP contribution in [0.1, 0.15) is 30.4 Å². The Morgan fingerprint density at radius 1 is 1.40 bits per heavy atom. The van der Waals surface area contributed by atoms with E-state index in [2.05, 4.69) is 17.2 Å². The van der Waals surface area contributed by atoms with Gasteiger partial charge < -0.3 is 15.2 Å². The average Bonchev–Trinajstić information content (AvgIpc) is 2.38. The van der Waals surface area contributed by atoms with Crippen LogP contribution in [-0.4, -0.2) is 31.3 Å². The zero-order chi connectivity index (χ0) is 14.8. The summed E-state index contributed by atoms with van der Waals surface area (Å²) in [7, 11) is 1.62. The van der Waals surface area contributed by atoms with Crippen LogP contribution in [0.4, 0.5) is 5.69 Å². The second-order valence-corrected chi connectivity index (χ2v) is 4.51. The number of benzene rings is 1. The Labute approximate surface area is 120 Å². The van der Waals surface area contributed by atoms with Crippen molar-refractivity contribution in [1.82, 2.24) is 0 Å². The molecule has 108 valence electrons. The van der Waals surface area contributed by atoms with Gasteiger partial charge in [0.2, 0.25) is 5.91 Å². The molecule has 0 saturated carbocycles. The summed E-state index contributed by atoms with van der Waals surface area (Å²) in [6, 6.07) is 5.70. The van der Waals surface area contributed by atoms with Crippen LogP contribution in [0.15, 0.2) is 18.2 Å². The van der Waals surface area contributed by atoms with Gasteiger partial charge in [-0.2, -0.15) is 0 Å². The zero-order valence-corrected chi connectivity index (χ0v) is 12.0. The van der Waals surface area contributed by atoms with Gasteiger partial charge in [-0.1, -0.05) is 11.8 Å². The van der Waals surface area contributed by atoms with E-state index in [9.17, 15) is 4.79 Å². The summed E-state index contributed by atoms with van der Waals surface area (Å²) in [5.74, 6) is 5.82. The van der Waals surface area contributed by atoms with Crippen LogP contribution in [0.25, 0.3) is 0 Å². The number of amides is 1.